The molecular weight excluding hydrogens is 334 g/mol. The Morgan fingerprint density at radius 3 is 2.80 bits per heavy atom. The van der Waals surface area contributed by atoms with Gasteiger partial charge >= 0.3 is 0 Å². The Kier molecular flexibility index (Phi) is 4.13. The average Bonchev–Trinajstić information content (AvgIpc) is 2.90. The van der Waals surface area contributed by atoms with Crippen LogP contribution in [0.1, 0.15) is 58.3 Å². The van der Waals surface area contributed by atoms with Gasteiger partial charge in [0.2, 0.25) is 0 Å². The molecule has 0 radical (unpaired) electrons. The highest BCUT2D eigenvalue weighted by atomic mass is 35.5. The molecule has 0 saturated heterocycles. The van der Waals surface area contributed by atoms with Crippen LogP contribution in [0.4, 0.5) is 0 Å². The number of Topliss-reactive ketones (excluding diaryl/α,β-unsaturated/α-hetero) is 1. The van der Waals surface area contributed by atoms with E-state index in [1.165, 1.54) is 0 Å². The van der Waals surface area contributed by atoms with Crippen molar-refractivity contribution < 1.29 is 9.59 Å². The van der Waals surface area contributed by atoms with Gasteiger partial charge in [-0.25, -0.2) is 0 Å². The minimum absolute atomic E-state index is 0.0966. The van der Waals surface area contributed by atoms with Crippen molar-refractivity contribution in [2.45, 2.75) is 64.3 Å². The average molecular weight is 360 g/mol. The molecule has 0 spiro atoms. The van der Waals surface area contributed by atoms with Crippen molar-refractivity contribution in [2.75, 3.05) is 0 Å². The summed E-state index contributed by atoms with van der Waals surface area (Å²) >= 11 is 5.70. The first-order valence-electron chi connectivity index (χ1n) is 9.54. The molecular formula is C21H26ClNO2. The number of halogens is 1. The van der Waals surface area contributed by atoms with E-state index in [4.69, 9.17) is 17.3 Å². The maximum Gasteiger partial charge on any atom is 0.155 e. The van der Waals surface area contributed by atoms with Crippen molar-refractivity contribution >= 4 is 23.2 Å². The van der Waals surface area contributed by atoms with Crippen LogP contribution in [-0.4, -0.2) is 17.6 Å². The summed E-state index contributed by atoms with van der Waals surface area (Å²) in [6.07, 6.45) is 8.51. The quantitative estimate of drug-likeness (QED) is 0.728. The van der Waals surface area contributed by atoms with E-state index < -0.39 is 0 Å². The molecule has 6 atom stereocenters. The zero-order chi connectivity index (χ0) is 17.8. The fourth-order valence-electron chi connectivity index (χ4n) is 6.76. The number of carbonyl (C=O) groups excluding carboxylic acids is 2. The lowest BCUT2D eigenvalue weighted by Gasteiger charge is -2.59. The molecule has 3 fully saturated rings. The number of fused-ring (bicyclic) bond motifs is 5. The van der Waals surface area contributed by atoms with Crippen LogP contribution in [0.25, 0.3) is 0 Å². The van der Waals surface area contributed by atoms with E-state index in [2.05, 4.69) is 18.2 Å². The van der Waals surface area contributed by atoms with E-state index in [0.717, 1.165) is 44.1 Å². The monoisotopic (exact) mass is 359 g/mol. The second-order valence-corrected chi connectivity index (χ2v) is 9.00. The lowest BCUT2D eigenvalue weighted by molar-refractivity contribution is -0.133. The van der Waals surface area contributed by atoms with E-state index in [0.29, 0.717) is 36.4 Å². The van der Waals surface area contributed by atoms with Gasteiger partial charge < -0.3 is 5.73 Å². The lowest BCUT2D eigenvalue weighted by atomic mass is 9.45. The van der Waals surface area contributed by atoms with Gasteiger partial charge in [-0.2, -0.15) is 0 Å². The van der Waals surface area contributed by atoms with Crippen molar-refractivity contribution in [1.29, 1.82) is 0 Å². The van der Waals surface area contributed by atoms with Gasteiger partial charge in [0.25, 0.3) is 0 Å². The fourth-order valence-corrected chi connectivity index (χ4v) is 6.83. The summed E-state index contributed by atoms with van der Waals surface area (Å²) in [6.45, 7) is 2.18. The van der Waals surface area contributed by atoms with Crippen molar-refractivity contribution in [3.8, 4) is 11.3 Å². The van der Waals surface area contributed by atoms with E-state index in [-0.39, 0.29) is 22.7 Å². The summed E-state index contributed by atoms with van der Waals surface area (Å²) < 4.78 is 0. The van der Waals surface area contributed by atoms with Crippen LogP contribution in [-0.2, 0) is 9.59 Å². The summed E-state index contributed by atoms with van der Waals surface area (Å²) in [6, 6.07) is -0.0966. The maximum absolute atomic E-state index is 12.5. The number of ketones is 2. The van der Waals surface area contributed by atoms with Crippen LogP contribution in [0, 0.1) is 39.9 Å². The molecule has 0 aromatic carbocycles. The largest absolute Gasteiger partial charge is 0.324 e. The predicted molar refractivity (Wildman–Crippen MR) is 97.6 cm³/mol. The summed E-state index contributed by atoms with van der Waals surface area (Å²) in [7, 11) is 0. The zero-order valence-electron chi connectivity index (χ0n) is 14.8. The molecule has 4 aliphatic rings. The molecule has 0 amide bonds. The first kappa shape index (κ1) is 17.3. The van der Waals surface area contributed by atoms with E-state index in [1.54, 1.807) is 0 Å². The fraction of sp³-hybridized carbons (Fsp3) is 0.714. The highest BCUT2D eigenvalue weighted by molar-refractivity contribution is 6.30. The highest BCUT2D eigenvalue weighted by Gasteiger charge is 2.61. The smallest absolute Gasteiger partial charge is 0.155 e. The molecule has 3 saturated carbocycles. The molecule has 4 heteroatoms. The molecule has 4 aliphatic carbocycles. The summed E-state index contributed by atoms with van der Waals surface area (Å²) in [5.41, 5.74) is 7.42. The van der Waals surface area contributed by atoms with Gasteiger partial charge in [-0.05, 0) is 73.1 Å². The minimum atomic E-state index is -0.161. The standard InChI is InChI=1S/C21H26ClNO2/c1-20-8-6-16-14(15(20)3-4-19(20)25)12-18(23)17-11-13(24)5-9-21(16,17)7-2-10-22/h11,14-16,18H,3-9,12,23H2,1H3/t14-,15-,16-,18-,20-,21+/m0/s1. The third-order valence-electron chi connectivity index (χ3n) is 7.96. The Morgan fingerprint density at radius 2 is 2.04 bits per heavy atom. The molecule has 134 valence electrons. The van der Waals surface area contributed by atoms with Crippen LogP contribution in [0.2, 0.25) is 0 Å². The molecule has 0 heterocycles. The molecule has 2 N–H and O–H groups in total. The Labute approximate surface area is 154 Å². The molecule has 0 bridgehead atoms. The molecule has 3 nitrogen and oxygen atoms in total. The van der Waals surface area contributed by atoms with E-state index in [9.17, 15) is 9.59 Å². The van der Waals surface area contributed by atoms with Crippen molar-refractivity contribution in [2.24, 2.45) is 34.3 Å². The first-order chi connectivity index (χ1) is 11.9. The van der Waals surface area contributed by atoms with Gasteiger partial charge in [-0.15, -0.1) is 0 Å². The summed E-state index contributed by atoms with van der Waals surface area (Å²) in [4.78, 5) is 24.6. The molecule has 25 heavy (non-hydrogen) atoms. The van der Waals surface area contributed by atoms with Gasteiger partial charge in [0.1, 0.15) is 5.78 Å². The van der Waals surface area contributed by atoms with Crippen molar-refractivity contribution in [3.05, 3.63) is 11.6 Å². The van der Waals surface area contributed by atoms with Crippen LogP contribution in [0.15, 0.2) is 11.6 Å². The second-order valence-electron chi connectivity index (χ2n) is 8.81. The highest BCUT2D eigenvalue weighted by Crippen LogP contribution is 2.65. The van der Waals surface area contributed by atoms with Gasteiger partial charge in [0, 0.05) is 41.5 Å². The molecule has 0 aromatic heterocycles. The minimum Gasteiger partial charge on any atom is -0.324 e. The van der Waals surface area contributed by atoms with Crippen LogP contribution in [0.5, 0.6) is 0 Å². The molecule has 0 unspecified atom stereocenters. The normalized spacial score (nSPS) is 45.6. The van der Waals surface area contributed by atoms with Gasteiger partial charge in [-0.1, -0.05) is 12.8 Å². The molecule has 4 rings (SSSR count). The Balaban J connectivity index is 1.78. The lowest BCUT2D eigenvalue weighted by Crippen LogP contribution is -2.56. The number of nitrogens with two attached hydrogens (primary N) is 1. The Hall–Kier alpha value is -1.11. The van der Waals surface area contributed by atoms with Crippen molar-refractivity contribution in [3.63, 3.8) is 0 Å². The SMILES string of the molecule is C[C@]12CC[C@H]3[C@@H](C[C@H](N)C4=CC(=O)CC[C@@]43CC#CCl)[C@@H]1CCC2=O. The number of carbonyl (C=O) groups is 2. The topological polar surface area (TPSA) is 60.2 Å². The van der Waals surface area contributed by atoms with E-state index >= 15 is 0 Å². The zero-order valence-corrected chi connectivity index (χ0v) is 15.6. The molecule has 0 aromatic rings. The van der Waals surface area contributed by atoms with Crippen LogP contribution < -0.4 is 5.73 Å². The number of hydrogen-bond donors (Lipinski definition) is 1. The van der Waals surface area contributed by atoms with E-state index in [1.807, 2.05) is 6.08 Å². The van der Waals surface area contributed by atoms with Gasteiger partial charge in [-0.3, -0.25) is 9.59 Å². The third kappa shape index (κ3) is 2.37. The van der Waals surface area contributed by atoms with Gasteiger partial charge in [0.15, 0.2) is 5.78 Å². The number of rotatable bonds is 1. The maximum atomic E-state index is 12.5. The second kappa shape index (κ2) is 5.96. The first-order valence-corrected chi connectivity index (χ1v) is 9.92. The summed E-state index contributed by atoms with van der Waals surface area (Å²) in [5.74, 6) is 5.09. The van der Waals surface area contributed by atoms with Crippen LogP contribution >= 0.6 is 11.6 Å². The summed E-state index contributed by atoms with van der Waals surface area (Å²) in [5, 5.41) is 2.54. The third-order valence-corrected chi connectivity index (χ3v) is 8.09. The number of hydrogen-bond acceptors (Lipinski definition) is 3. The predicted octanol–water partition coefficient (Wildman–Crippen LogP) is 3.59. The van der Waals surface area contributed by atoms with Crippen LogP contribution in [0.3, 0.4) is 0 Å². The van der Waals surface area contributed by atoms with Gasteiger partial charge in [0.05, 0.1) is 0 Å². The molecule has 0 aliphatic heterocycles. The Bertz CT molecular complexity index is 717. The van der Waals surface area contributed by atoms with Crippen molar-refractivity contribution in [1.82, 2.24) is 0 Å². The Morgan fingerprint density at radius 1 is 1.24 bits per heavy atom.